The fourth-order valence-corrected chi connectivity index (χ4v) is 1.85. The third kappa shape index (κ3) is 3.42. The fourth-order valence-electron chi connectivity index (χ4n) is 1.74. The summed E-state index contributed by atoms with van der Waals surface area (Å²) in [5.41, 5.74) is 7.22. The first-order valence-electron chi connectivity index (χ1n) is 6.13. The average molecular weight is 288 g/mol. The number of nitrogens with one attached hydrogen (secondary N) is 1. The van der Waals surface area contributed by atoms with Gasteiger partial charge in [-0.15, -0.1) is 0 Å². The van der Waals surface area contributed by atoms with E-state index in [2.05, 4.69) is 15.3 Å². The van der Waals surface area contributed by atoms with Crippen molar-refractivity contribution >= 4 is 23.2 Å². The second kappa shape index (κ2) is 6.29. The second-order valence-electron chi connectivity index (χ2n) is 4.27. The molecule has 2 rings (SSSR count). The van der Waals surface area contributed by atoms with Crippen LogP contribution in [0.15, 0.2) is 36.5 Å². The SMILES string of the molecule is COc1ccc(C(C)Nc2nccc(C(N)=S)n2)cc1. The average Bonchev–Trinajstić information content (AvgIpc) is 2.47. The van der Waals surface area contributed by atoms with Gasteiger partial charge in [-0.3, -0.25) is 0 Å². The highest BCUT2D eigenvalue weighted by atomic mass is 32.1. The molecule has 6 heteroatoms. The van der Waals surface area contributed by atoms with Crippen molar-refractivity contribution in [3.8, 4) is 5.75 Å². The third-order valence-electron chi connectivity index (χ3n) is 2.87. The standard InChI is InChI=1S/C14H16N4OS/c1-9(10-3-5-11(19-2)6-4-10)17-14-16-8-7-12(18-14)13(15)20/h3-9H,1-2H3,(H2,15,20)(H,16,17,18). The van der Waals surface area contributed by atoms with E-state index in [1.807, 2.05) is 31.2 Å². The van der Waals surface area contributed by atoms with Gasteiger partial charge < -0.3 is 15.8 Å². The summed E-state index contributed by atoms with van der Waals surface area (Å²) in [6, 6.07) is 9.56. The van der Waals surface area contributed by atoms with Crippen LogP contribution in [0.3, 0.4) is 0 Å². The highest BCUT2D eigenvalue weighted by Gasteiger charge is 2.08. The van der Waals surface area contributed by atoms with E-state index >= 15 is 0 Å². The number of thiocarbonyl (C=S) groups is 1. The van der Waals surface area contributed by atoms with E-state index in [1.165, 1.54) is 0 Å². The summed E-state index contributed by atoms with van der Waals surface area (Å²) in [6.45, 7) is 2.03. The Hall–Kier alpha value is -2.21. The normalized spacial score (nSPS) is 11.7. The lowest BCUT2D eigenvalue weighted by Crippen LogP contribution is -2.15. The van der Waals surface area contributed by atoms with Crippen LogP contribution in [0.1, 0.15) is 24.2 Å². The topological polar surface area (TPSA) is 73.1 Å². The molecule has 0 aliphatic carbocycles. The zero-order valence-corrected chi connectivity index (χ0v) is 12.1. The molecule has 0 saturated heterocycles. The van der Waals surface area contributed by atoms with Gasteiger partial charge in [0, 0.05) is 6.20 Å². The molecular weight excluding hydrogens is 272 g/mol. The predicted octanol–water partition coefficient (Wildman–Crippen LogP) is 2.29. The van der Waals surface area contributed by atoms with Crippen LogP contribution in [0.2, 0.25) is 0 Å². The maximum absolute atomic E-state index is 5.56. The number of ether oxygens (including phenoxy) is 1. The number of benzene rings is 1. The molecule has 0 radical (unpaired) electrons. The molecule has 20 heavy (non-hydrogen) atoms. The Balaban J connectivity index is 2.12. The summed E-state index contributed by atoms with van der Waals surface area (Å²) in [6.07, 6.45) is 1.63. The van der Waals surface area contributed by atoms with Gasteiger partial charge >= 0.3 is 0 Å². The van der Waals surface area contributed by atoms with Crippen molar-refractivity contribution in [2.45, 2.75) is 13.0 Å². The smallest absolute Gasteiger partial charge is 0.223 e. The highest BCUT2D eigenvalue weighted by Crippen LogP contribution is 2.19. The monoisotopic (exact) mass is 288 g/mol. The number of hydrogen-bond donors (Lipinski definition) is 2. The molecule has 0 fully saturated rings. The van der Waals surface area contributed by atoms with Gasteiger partial charge in [0.05, 0.1) is 13.2 Å². The molecule has 1 unspecified atom stereocenters. The van der Waals surface area contributed by atoms with Gasteiger partial charge in [-0.1, -0.05) is 24.4 Å². The maximum atomic E-state index is 5.56. The van der Waals surface area contributed by atoms with Crippen molar-refractivity contribution in [2.24, 2.45) is 5.73 Å². The molecule has 0 amide bonds. The van der Waals surface area contributed by atoms with Gasteiger partial charge in [-0.2, -0.15) is 0 Å². The van der Waals surface area contributed by atoms with Crippen LogP contribution >= 0.6 is 12.2 Å². The first-order chi connectivity index (χ1) is 9.60. The quantitative estimate of drug-likeness (QED) is 0.822. The molecule has 1 aromatic carbocycles. The Bertz CT molecular complexity index is 600. The Morgan fingerprint density at radius 1 is 1.30 bits per heavy atom. The zero-order chi connectivity index (χ0) is 14.5. The molecular formula is C14H16N4OS. The van der Waals surface area contributed by atoms with Gasteiger partial charge in [0.2, 0.25) is 5.95 Å². The van der Waals surface area contributed by atoms with E-state index in [0.717, 1.165) is 11.3 Å². The van der Waals surface area contributed by atoms with Crippen molar-refractivity contribution in [3.63, 3.8) is 0 Å². The van der Waals surface area contributed by atoms with Crippen LogP contribution in [0.4, 0.5) is 5.95 Å². The summed E-state index contributed by atoms with van der Waals surface area (Å²) in [4.78, 5) is 8.67. The van der Waals surface area contributed by atoms with Gasteiger partial charge in [-0.05, 0) is 30.7 Å². The molecule has 1 heterocycles. The van der Waals surface area contributed by atoms with E-state index in [4.69, 9.17) is 22.7 Å². The van der Waals surface area contributed by atoms with E-state index < -0.39 is 0 Å². The lowest BCUT2D eigenvalue weighted by molar-refractivity contribution is 0.414. The number of aromatic nitrogens is 2. The van der Waals surface area contributed by atoms with Gasteiger partial charge in [0.1, 0.15) is 16.4 Å². The summed E-state index contributed by atoms with van der Waals surface area (Å²) in [5.74, 6) is 1.33. The zero-order valence-electron chi connectivity index (χ0n) is 11.3. The first-order valence-corrected chi connectivity index (χ1v) is 6.54. The number of hydrogen-bond acceptors (Lipinski definition) is 5. The molecule has 5 nitrogen and oxygen atoms in total. The van der Waals surface area contributed by atoms with Crippen LogP contribution in [0.25, 0.3) is 0 Å². The van der Waals surface area contributed by atoms with Crippen molar-refractivity contribution in [2.75, 3.05) is 12.4 Å². The van der Waals surface area contributed by atoms with Crippen molar-refractivity contribution < 1.29 is 4.74 Å². The number of rotatable bonds is 5. The molecule has 0 saturated carbocycles. The second-order valence-corrected chi connectivity index (χ2v) is 4.71. The predicted molar refractivity (Wildman–Crippen MR) is 83.0 cm³/mol. The lowest BCUT2D eigenvalue weighted by atomic mass is 10.1. The first kappa shape index (κ1) is 14.2. The minimum Gasteiger partial charge on any atom is -0.497 e. The minimum atomic E-state index is 0.0579. The van der Waals surface area contributed by atoms with Gasteiger partial charge in [0.15, 0.2) is 0 Å². The fraction of sp³-hybridized carbons (Fsp3) is 0.214. The molecule has 0 bridgehead atoms. The van der Waals surface area contributed by atoms with Crippen molar-refractivity contribution in [3.05, 3.63) is 47.8 Å². The number of methoxy groups -OCH3 is 1. The van der Waals surface area contributed by atoms with E-state index in [0.29, 0.717) is 11.6 Å². The molecule has 0 aliphatic heterocycles. The molecule has 3 N–H and O–H groups in total. The summed E-state index contributed by atoms with van der Waals surface area (Å²) < 4.78 is 5.14. The van der Waals surface area contributed by atoms with Gasteiger partial charge in [0.25, 0.3) is 0 Å². The number of anilines is 1. The molecule has 0 aliphatic rings. The maximum Gasteiger partial charge on any atom is 0.223 e. The Morgan fingerprint density at radius 3 is 2.60 bits per heavy atom. The third-order valence-corrected chi connectivity index (χ3v) is 3.08. The minimum absolute atomic E-state index is 0.0579. The summed E-state index contributed by atoms with van der Waals surface area (Å²) >= 11 is 4.90. The Labute approximate surface area is 123 Å². The van der Waals surface area contributed by atoms with Gasteiger partial charge in [-0.25, -0.2) is 9.97 Å². The highest BCUT2D eigenvalue weighted by molar-refractivity contribution is 7.80. The molecule has 1 atom stereocenters. The Kier molecular flexibility index (Phi) is 4.47. The Morgan fingerprint density at radius 2 is 2.00 bits per heavy atom. The molecule has 104 valence electrons. The van der Waals surface area contributed by atoms with Crippen molar-refractivity contribution in [1.82, 2.24) is 9.97 Å². The van der Waals surface area contributed by atoms with Crippen LogP contribution in [-0.4, -0.2) is 22.1 Å². The van der Waals surface area contributed by atoms with E-state index in [9.17, 15) is 0 Å². The van der Waals surface area contributed by atoms with E-state index in [1.54, 1.807) is 19.4 Å². The van der Waals surface area contributed by atoms with Crippen LogP contribution in [0, 0.1) is 0 Å². The van der Waals surface area contributed by atoms with Crippen LogP contribution < -0.4 is 15.8 Å². The summed E-state index contributed by atoms with van der Waals surface area (Å²) in [7, 11) is 1.64. The summed E-state index contributed by atoms with van der Waals surface area (Å²) in [5, 5.41) is 3.21. The molecule has 0 spiro atoms. The lowest BCUT2D eigenvalue weighted by Gasteiger charge is -2.15. The van der Waals surface area contributed by atoms with Crippen molar-refractivity contribution in [1.29, 1.82) is 0 Å². The molecule has 1 aromatic heterocycles. The number of nitrogens with zero attached hydrogens (tertiary/aromatic N) is 2. The number of nitrogens with two attached hydrogens (primary N) is 1. The van der Waals surface area contributed by atoms with E-state index in [-0.39, 0.29) is 11.0 Å². The molecule has 2 aromatic rings. The van der Waals surface area contributed by atoms with Crippen LogP contribution in [0.5, 0.6) is 5.75 Å². The van der Waals surface area contributed by atoms with Crippen LogP contribution in [-0.2, 0) is 0 Å². The largest absolute Gasteiger partial charge is 0.497 e.